The van der Waals surface area contributed by atoms with E-state index in [0.717, 1.165) is 53.5 Å². The number of nitrogens with one attached hydrogen (secondary N) is 1. The van der Waals surface area contributed by atoms with Crippen LogP contribution >= 0.6 is 0 Å². The minimum atomic E-state index is -0.0271. The van der Waals surface area contributed by atoms with Crippen LogP contribution in [0.25, 0.3) is 10.9 Å². The standard InChI is InChI=1S/C30H38N6O/c1-5-8-27(29-32-33-34-36(29)25-9-6-7-10-25)35(18-23-15-11-20(2)12-16-23)19-24-17-26-21(3)13-14-22(4)28(26)31-30(24)37/h11-17,25,27H,5-10,18-19H2,1-4H3,(H,31,37)/t27-/m0/s1. The van der Waals surface area contributed by atoms with Crippen molar-refractivity contribution in [3.8, 4) is 0 Å². The number of pyridine rings is 1. The van der Waals surface area contributed by atoms with Gasteiger partial charge in [0, 0.05) is 24.0 Å². The van der Waals surface area contributed by atoms with Gasteiger partial charge < -0.3 is 4.98 Å². The Hall–Kier alpha value is -3.32. The number of aryl methyl sites for hydroxylation is 3. The molecule has 2 heterocycles. The highest BCUT2D eigenvalue weighted by molar-refractivity contribution is 5.85. The van der Waals surface area contributed by atoms with Crippen molar-refractivity contribution in [2.75, 3.05) is 0 Å². The van der Waals surface area contributed by atoms with Gasteiger partial charge in [-0.2, -0.15) is 0 Å². The summed E-state index contributed by atoms with van der Waals surface area (Å²) in [5.74, 6) is 0.921. The monoisotopic (exact) mass is 498 g/mol. The minimum Gasteiger partial charge on any atom is -0.321 e. The van der Waals surface area contributed by atoms with Gasteiger partial charge in [-0.25, -0.2) is 4.68 Å². The summed E-state index contributed by atoms with van der Waals surface area (Å²) in [5.41, 5.74) is 6.38. The lowest BCUT2D eigenvalue weighted by molar-refractivity contribution is 0.153. The van der Waals surface area contributed by atoms with Crippen molar-refractivity contribution in [1.82, 2.24) is 30.1 Å². The van der Waals surface area contributed by atoms with Crippen LogP contribution in [0.5, 0.6) is 0 Å². The Morgan fingerprint density at radius 2 is 1.76 bits per heavy atom. The van der Waals surface area contributed by atoms with Crippen LogP contribution in [0.2, 0.25) is 0 Å². The lowest BCUT2D eigenvalue weighted by Crippen LogP contribution is -2.33. The van der Waals surface area contributed by atoms with Crippen molar-refractivity contribution in [2.45, 2.75) is 91.4 Å². The van der Waals surface area contributed by atoms with Crippen LogP contribution in [0.1, 0.15) is 91.2 Å². The van der Waals surface area contributed by atoms with Crippen LogP contribution in [0, 0.1) is 20.8 Å². The second-order valence-corrected chi connectivity index (χ2v) is 10.7. The third kappa shape index (κ3) is 5.37. The van der Waals surface area contributed by atoms with Gasteiger partial charge in [0.05, 0.1) is 17.6 Å². The zero-order valence-electron chi connectivity index (χ0n) is 22.5. The fourth-order valence-electron chi connectivity index (χ4n) is 5.74. The molecule has 0 bridgehead atoms. The average molecular weight is 499 g/mol. The smallest absolute Gasteiger partial charge is 0.252 e. The summed E-state index contributed by atoms with van der Waals surface area (Å²) >= 11 is 0. The van der Waals surface area contributed by atoms with Crippen LogP contribution in [0.15, 0.2) is 47.3 Å². The highest BCUT2D eigenvalue weighted by atomic mass is 16.1. The third-order valence-corrected chi connectivity index (χ3v) is 7.89. The van der Waals surface area contributed by atoms with E-state index in [0.29, 0.717) is 19.1 Å². The predicted octanol–water partition coefficient (Wildman–Crippen LogP) is 6.10. The molecule has 37 heavy (non-hydrogen) atoms. The molecule has 2 aromatic carbocycles. The molecule has 7 heteroatoms. The van der Waals surface area contributed by atoms with Gasteiger partial charge in [-0.1, -0.05) is 68.1 Å². The minimum absolute atomic E-state index is 0.00982. The predicted molar refractivity (Wildman–Crippen MR) is 147 cm³/mol. The zero-order valence-corrected chi connectivity index (χ0v) is 22.5. The van der Waals surface area contributed by atoms with E-state index < -0.39 is 0 Å². The highest BCUT2D eigenvalue weighted by Gasteiger charge is 2.30. The Kier molecular flexibility index (Phi) is 7.51. The molecule has 0 aliphatic heterocycles. The van der Waals surface area contributed by atoms with Crippen molar-refractivity contribution in [1.29, 1.82) is 0 Å². The van der Waals surface area contributed by atoms with Gasteiger partial charge in [0.1, 0.15) is 0 Å². The quantitative estimate of drug-likeness (QED) is 0.302. The van der Waals surface area contributed by atoms with Crippen molar-refractivity contribution < 1.29 is 0 Å². The van der Waals surface area contributed by atoms with Gasteiger partial charge in [0.15, 0.2) is 5.82 Å². The molecule has 0 saturated heterocycles. The Balaban J connectivity index is 1.57. The second-order valence-electron chi connectivity index (χ2n) is 10.7. The first-order valence-corrected chi connectivity index (χ1v) is 13.6. The van der Waals surface area contributed by atoms with Crippen LogP contribution in [-0.4, -0.2) is 30.1 Å². The Labute approximate surface area is 218 Å². The number of fused-ring (bicyclic) bond motifs is 1. The van der Waals surface area contributed by atoms with E-state index in [1.165, 1.54) is 29.5 Å². The fourth-order valence-corrected chi connectivity index (χ4v) is 5.74. The molecule has 1 fully saturated rings. The molecule has 4 aromatic rings. The maximum Gasteiger partial charge on any atom is 0.252 e. The number of aromatic nitrogens is 5. The molecule has 5 rings (SSSR count). The molecule has 1 atom stereocenters. The zero-order chi connectivity index (χ0) is 25.9. The first-order chi connectivity index (χ1) is 17.9. The van der Waals surface area contributed by atoms with Crippen molar-refractivity contribution >= 4 is 10.9 Å². The van der Waals surface area contributed by atoms with E-state index in [4.69, 9.17) is 0 Å². The largest absolute Gasteiger partial charge is 0.321 e. The molecule has 0 radical (unpaired) electrons. The highest BCUT2D eigenvalue weighted by Crippen LogP contribution is 2.34. The van der Waals surface area contributed by atoms with E-state index in [1.807, 2.05) is 6.92 Å². The summed E-state index contributed by atoms with van der Waals surface area (Å²) in [6.45, 7) is 9.69. The maximum absolute atomic E-state index is 13.3. The summed E-state index contributed by atoms with van der Waals surface area (Å²) in [6.07, 6.45) is 6.61. The summed E-state index contributed by atoms with van der Waals surface area (Å²) in [5, 5.41) is 14.3. The molecule has 0 spiro atoms. The normalized spacial score (nSPS) is 15.2. The number of nitrogens with zero attached hydrogens (tertiary/aromatic N) is 5. The number of rotatable bonds is 9. The summed E-state index contributed by atoms with van der Waals surface area (Å²) in [7, 11) is 0. The molecular weight excluding hydrogens is 460 g/mol. The molecule has 0 amide bonds. The first-order valence-electron chi connectivity index (χ1n) is 13.6. The lowest BCUT2D eigenvalue weighted by atomic mass is 10.0. The molecule has 1 saturated carbocycles. The summed E-state index contributed by atoms with van der Waals surface area (Å²) in [4.78, 5) is 18.9. The van der Waals surface area contributed by atoms with Gasteiger partial charge in [0.2, 0.25) is 0 Å². The number of hydrogen-bond acceptors (Lipinski definition) is 5. The van der Waals surface area contributed by atoms with Crippen LogP contribution in [0.4, 0.5) is 0 Å². The van der Waals surface area contributed by atoms with Crippen LogP contribution in [0.3, 0.4) is 0 Å². The van der Waals surface area contributed by atoms with Crippen molar-refractivity contribution in [2.24, 2.45) is 0 Å². The Morgan fingerprint density at radius 3 is 2.49 bits per heavy atom. The maximum atomic E-state index is 13.3. The van der Waals surface area contributed by atoms with E-state index in [-0.39, 0.29) is 11.6 Å². The molecule has 2 aromatic heterocycles. The topological polar surface area (TPSA) is 79.7 Å². The first kappa shape index (κ1) is 25.3. The van der Waals surface area contributed by atoms with E-state index in [9.17, 15) is 4.79 Å². The van der Waals surface area contributed by atoms with Crippen LogP contribution < -0.4 is 5.56 Å². The van der Waals surface area contributed by atoms with Gasteiger partial charge in [-0.3, -0.25) is 9.69 Å². The lowest BCUT2D eigenvalue weighted by Gasteiger charge is -2.31. The summed E-state index contributed by atoms with van der Waals surface area (Å²) < 4.78 is 2.08. The fraction of sp³-hybridized carbons (Fsp3) is 0.467. The van der Waals surface area contributed by atoms with Crippen LogP contribution in [-0.2, 0) is 13.1 Å². The molecule has 0 unspecified atom stereocenters. The number of benzene rings is 2. The van der Waals surface area contributed by atoms with Gasteiger partial charge >= 0.3 is 0 Å². The average Bonchev–Trinajstić information content (AvgIpc) is 3.59. The molecule has 1 aliphatic carbocycles. The van der Waals surface area contributed by atoms with E-state index in [1.54, 1.807) is 0 Å². The molecule has 1 aliphatic rings. The van der Waals surface area contributed by atoms with Crippen molar-refractivity contribution in [3.63, 3.8) is 0 Å². The Morgan fingerprint density at radius 1 is 1.03 bits per heavy atom. The molecule has 194 valence electrons. The number of aromatic amines is 1. The Bertz CT molecular complexity index is 1410. The van der Waals surface area contributed by atoms with E-state index in [2.05, 4.69) is 93.3 Å². The van der Waals surface area contributed by atoms with Gasteiger partial charge in [-0.15, -0.1) is 5.10 Å². The van der Waals surface area contributed by atoms with Crippen molar-refractivity contribution in [3.05, 3.63) is 86.5 Å². The summed E-state index contributed by atoms with van der Waals surface area (Å²) in [6, 6.07) is 15.3. The second kappa shape index (κ2) is 11.0. The number of tetrazole rings is 1. The number of hydrogen-bond donors (Lipinski definition) is 1. The van der Waals surface area contributed by atoms with Gasteiger partial charge in [-0.05, 0) is 73.2 Å². The third-order valence-electron chi connectivity index (χ3n) is 7.89. The van der Waals surface area contributed by atoms with Gasteiger partial charge in [0.25, 0.3) is 5.56 Å². The number of H-pyrrole nitrogens is 1. The molecular formula is C30H38N6O. The van der Waals surface area contributed by atoms with E-state index >= 15 is 0 Å². The SMILES string of the molecule is CCC[C@@H](c1nnnn1C1CCCC1)N(Cc1ccc(C)cc1)Cc1cc2c(C)ccc(C)c2[nH]c1=O. The molecule has 7 nitrogen and oxygen atoms in total. The molecule has 1 N–H and O–H groups in total.